The van der Waals surface area contributed by atoms with E-state index in [1.54, 1.807) is 12.4 Å². The van der Waals surface area contributed by atoms with Crippen molar-refractivity contribution in [2.24, 2.45) is 5.73 Å². The molecule has 2 rings (SSSR count). The van der Waals surface area contributed by atoms with E-state index >= 15 is 0 Å². The summed E-state index contributed by atoms with van der Waals surface area (Å²) in [6.07, 6.45) is 3.09. The third kappa shape index (κ3) is 3.11. The van der Waals surface area contributed by atoms with Crippen molar-refractivity contribution in [3.05, 3.63) is 47.4 Å². The van der Waals surface area contributed by atoms with E-state index in [2.05, 4.69) is 29.9 Å². The number of nitrogens with zero attached hydrogens (tertiary/aromatic N) is 2. The molecule has 0 unspecified atom stereocenters. The van der Waals surface area contributed by atoms with Gasteiger partial charge in [0.2, 0.25) is 5.88 Å². The van der Waals surface area contributed by atoms with Crippen molar-refractivity contribution in [2.45, 2.75) is 26.7 Å². The Balaban J connectivity index is 2.40. The Morgan fingerprint density at radius 2 is 1.95 bits per heavy atom. The summed E-state index contributed by atoms with van der Waals surface area (Å²) < 4.78 is 5.85. The minimum Gasteiger partial charge on any atom is -0.437 e. The zero-order valence-electron chi connectivity index (χ0n) is 11.8. The predicted octanol–water partition coefficient (Wildman–Crippen LogP) is 3.33. The van der Waals surface area contributed by atoms with Gasteiger partial charge < -0.3 is 10.5 Å². The van der Waals surface area contributed by atoms with Gasteiger partial charge in [-0.05, 0) is 30.0 Å². The van der Waals surface area contributed by atoms with Crippen LogP contribution < -0.4 is 10.5 Å². The Hall–Kier alpha value is -2.01. The molecule has 0 saturated heterocycles. The van der Waals surface area contributed by atoms with Crippen molar-refractivity contribution < 1.29 is 4.74 Å². The topological polar surface area (TPSA) is 61.0 Å². The minimum atomic E-state index is 0.172. The van der Waals surface area contributed by atoms with Gasteiger partial charge in [0.25, 0.3) is 0 Å². The number of aromatic nitrogens is 2. The first kappa shape index (κ1) is 14.4. The Kier molecular flexibility index (Phi) is 4.29. The Morgan fingerprint density at radius 1 is 1.25 bits per heavy atom. The van der Waals surface area contributed by atoms with Crippen molar-refractivity contribution in [1.82, 2.24) is 9.97 Å². The maximum Gasteiger partial charge on any atom is 0.248 e. The summed E-state index contributed by atoms with van der Waals surface area (Å²) in [6, 6.07) is 6.14. The van der Waals surface area contributed by atoms with E-state index in [9.17, 15) is 0 Å². The lowest BCUT2D eigenvalue weighted by Crippen LogP contribution is -2.13. The number of hydrogen-bond donors (Lipinski definition) is 1. The zero-order valence-corrected chi connectivity index (χ0v) is 12.6. The van der Waals surface area contributed by atoms with E-state index in [1.807, 2.05) is 19.1 Å². The molecule has 0 saturated carbocycles. The monoisotopic (exact) mass is 287 g/mol. The van der Waals surface area contributed by atoms with Gasteiger partial charge in [-0.25, -0.2) is 9.97 Å². The van der Waals surface area contributed by atoms with Gasteiger partial charge in [-0.2, -0.15) is 0 Å². The molecule has 0 aliphatic rings. The molecule has 2 N–H and O–H groups in total. The molecule has 1 heterocycles. The average Bonchev–Trinajstić information content (AvgIpc) is 2.41. The van der Waals surface area contributed by atoms with Crippen molar-refractivity contribution in [3.63, 3.8) is 0 Å². The van der Waals surface area contributed by atoms with Crippen LogP contribution in [0.1, 0.15) is 36.6 Å². The summed E-state index contributed by atoms with van der Waals surface area (Å²) >= 11 is 4.96. The molecular weight excluding hydrogens is 270 g/mol. The lowest BCUT2D eigenvalue weighted by atomic mass is 10.0. The number of nitrogens with two attached hydrogens (primary N) is 1. The molecule has 1 aromatic carbocycles. The summed E-state index contributed by atoms with van der Waals surface area (Å²) in [7, 11) is 0. The molecule has 1 aromatic heterocycles. The number of hydrogen-bond acceptors (Lipinski definition) is 4. The van der Waals surface area contributed by atoms with Gasteiger partial charge in [0.1, 0.15) is 10.7 Å². The third-order valence-electron chi connectivity index (χ3n) is 2.98. The maximum atomic E-state index is 5.85. The number of aryl methyl sites for hydroxylation is 1. The molecule has 20 heavy (non-hydrogen) atoms. The van der Waals surface area contributed by atoms with E-state index in [0.717, 1.165) is 11.3 Å². The normalized spacial score (nSPS) is 10.6. The van der Waals surface area contributed by atoms with Crippen LogP contribution in [0.25, 0.3) is 0 Å². The molecule has 0 aliphatic carbocycles. The summed E-state index contributed by atoms with van der Waals surface area (Å²) in [5.74, 6) is 1.51. The fourth-order valence-corrected chi connectivity index (χ4v) is 1.90. The van der Waals surface area contributed by atoms with E-state index in [1.165, 1.54) is 5.56 Å². The molecule has 0 fully saturated rings. The summed E-state index contributed by atoms with van der Waals surface area (Å²) in [5, 5.41) is 0. The fourth-order valence-electron chi connectivity index (χ4n) is 1.76. The maximum absolute atomic E-state index is 5.85. The van der Waals surface area contributed by atoms with Crippen LogP contribution in [-0.4, -0.2) is 15.0 Å². The van der Waals surface area contributed by atoms with Crippen LogP contribution in [0.5, 0.6) is 11.6 Å². The molecule has 0 atom stereocenters. The molecule has 4 nitrogen and oxygen atoms in total. The SMILES string of the molecule is Cc1ccc(C(C)C)cc1Oc1nccnc1C(N)=S. The standard InChI is InChI=1S/C15H17N3OS/c1-9(2)11-5-4-10(3)12(8-11)19-15-13(14(16)20)17-6-7-18-15/h4-9H,1-3H3,(H2,16,20). The van der Waals surface area contributed by atoms with E-state index in [0.29, 0.717) is 17.5 Å². The average molecular weight is 287 g/mol. The molecular formula is C15H17N3OS. The highest BCUT2D eigenvalue weighted by atomic mass is 32.1. The second kappa shape index (κ2) is 5.96. The number of ether oxygens (including phenoxy) is 1. The van der Waals surface area contributed by atoms with Crippen LogP contribution in [0.15, 0.2) is 30.6 Å². The minimum absolute atomic E-state index is 0.172. The van der Waals surface area contributed by atoms with Gasteiger partial charge >= 0.3 is 0 Å². The second-order valence-electron chi connectivity index (χ2n) is 4.86. The number of rotatable bonds is 4. The highest BCUT2D eigenvalue weighted by Crippen LogP contribution is 2.28. The number of benzene rings is 1. The first-order valence-electron chi connectivity index (χ1n) is 6.38. The zero-order chi connectivity index (χ0) is 14.7. The lowest BCUT2D eigenvalue weighted by Gasteiger charge is -2.13. The van der Waals surface area contributed by atoms with Crippen molar-refractivity contribution in [1.29, 1.82) is 0 Å². The first-order chi connectivity index (χ1) is 9.49. The van der Waals surface area contributed by atoms with E-state index < -0.39 is 0 Å². The molecule has 0 aliphatic heterocycles. The highest BCUT2D eigenvalue weighted by molar-refractivity contribution is 7.80. The quantitative estimate of drug-likeness (QED) is 0.874. The molecule has 5 heteroatoms. The van der Waals surface area contributed by atoms with Crippen LogP contribution >= 0.6 is 12.2 Å². The molecule has 0 amide bonds. The lowest BCUT2D eigenvalue weighted by molar-refractivity contribution is 0.454. The predicted molar refractivity (Wildman–Crippen MR) is 83.3 cm³/mol. The third-order valence-corrected chi connectivity index (χ3v) is 3.18. The van der Waals surface area contributed by atoms with Gasteiger partial charge in [-0.15, -0.1) is 0 Å². The molecule has 0 radical (unpaired) electrons. The van der Waals surface area contributed by atoms with E-state index in [-0.39, 0.29) is 4.99 Å². The van der Waals surface area contributed by atoms with Crippen LogP contribution in [0.4, 0.5) is 0 Å². The van der Waals surface area contributed by atoms with Crippen LogP contribution in [0.3, 0.4) is 0 Å². The largest absolute Gasteiger partial charge is 0.437 e. The molecule has 0 bridgehead atoms. The van der Waals surface area contributed by atoms with Crippen LogP contribution in [0.2, 0.25) is 0 Å². The smallest absolute Gasteiger partial charge is 0.248 e. The Bertz CT molecular complexity index is 641. The molecule has 104 valence electrons. The molecule has 0 spiro atoms. The highest BCUT2D eigenvalue weighted by Gasteiger charge is 2.12. The number of thiocarbonyl (C=S) groups is 1. The van der Waals surface area contributed by atoms with Crippen LogP contribution in [-0.2, 0) is 0 Å². The van der Waals surface area contributed by atoms with Gasteiger partial charge in [-0.3, -0.25) is 0 Å². The molecule has 2 aromatic rings. The first-order valence-corrected chi connectivity index (χ1v) is 6.79. The van der Waals surface area contributed by atoms with Gasteiger partial charge in [0.05, 0.1) is 0 Å². The fraction of sp³-hybridized carbons (Fsp3) is 0.267. The van der Waals surface area contributed by atoms with E-state index in [4.69, 9.17) is 22.7 Å². The van der Waals surface area contributed by atoms with Gasteiger partial charge in [0.15, 0.2) is 5.69 Å². The summed E-state index contributed by atoms with van der Waals surface area (Å²) in [6.45, 7) is 6.25. The summed E-state index contributed by atoms with van der Waals surface area (Å²) in [5.41, 5.74) is 8.26. The summed E-state index contributed by atoms with van der Waals surface area (Å²) in [4.78, 5) is 8.44. The van der Waals surface area contributed by atoms with Crippen LogP contribution in [0, 0.1) is 6.92 Å². The second-order valence-corrected chi connectivity index (χ2v) is 5.30. The van der Waals surface area contributed by atoms with Crippen molar-refractivity contribution in [2.75, 3.05) is 0 Å². The Morgan fingerprint density at radius 3 is 2.60 bits per heavy atom. The van der Waals surface area contributed by atoms with Crippen molar-refractivity contribution in [3.8, 4) is 11.6 Å². The Labute approximate surface area is 124 Å². The van der Waals surface area contributed by atoms with Crippen molar-refractivity contribution >= 4 is 17.2 Å². The van der Waals surface area contributed by atoms with Gasteiger partial charge in [-0.1, -0.05) is 38.2 Å². The van der Waals surface area contributed by atoms with Gasteiger partial charge in [0, 0.05) is 12.4 Å².